The number of nitrogens with zero attached hydrogens (tertiary/aromatic N) is 3. The number of nitrogens with one attached hydrogen (secondary N) is 2. The van der Waals surface area contributed by atoms with Crippen molar-refractivity contribution in [2.24, 2.45) is 0 Å². The van der Waals surface area contributed by atoms with Gasteiger partial charge in [-0.25, -0.2) is 0 Å². The number of fused-ring (bicyclic) bond motifs is 2. The number of anilines is 2. The number of rotatable bonds is 6. The van der Waals surface area contributed by atoms with Crippen molar-refractivity contribution in [1.82, 2.24) is 14.9 Å². The zero-order chi connectivity index (χ0) is 26.2. The van der Waals surface area contributed by atoms with Crippen molar-refractivity contribution in [3.8, 4) is 22.8 Å². The molecule has 0 spiro atoms. The molecule has 3 aliphatic heterocycles. The topological polar surface area (TPSA) is 82.7 Å². The van der Waals surface area contributed by atoms with Crippen LogP contribution in [0.15, 0.2) is 77.9 Å². The molecule has 8 heteroatoms. The molecule has 39 heavy (non-hydrogen) atoms. The quantitative estimate of drug-likeness (QED) is 0.345. The molecule has 5 heterocycles. The van der Waals surface area contributed by atoms with Crippen LogP contribution in [0, 0.1) is 0 Å². The highest BCUT2D eigenvalue weighted by Gasteiger charge is 2.27. The number of pyridine rings is 2. The molecule has 2 aromatic carbocycles. The number of hydrogen-bond acceptors (Lipinski definition) is 7. The summed E-state index contributed by atoms with van der Waals surface area (Å²) in [6.45, 7) is 5.85. The molecule has 0 bridgehead atoms. The molecule has 0 atom stereocenters. The van der Waals surface area contributed by atoms with Crippen LogP contribution in [0.2, 0.25) is 0 Å². The van der Waals surface area contributed by atoms with Gasteiger partial charge in [0.2, 0.25) is 5.56 Å². The first-order chi connectivity index (χ1) is 19.2. The molecule has 3 aliphatic rings. The van der Waals surface area contributed by atoms with Crippen molar-refractivity contribution < 1.29 is 9.47 Å². The minimum absolute atomic E-state index is 0.117. The highest BCUT2D eigenvalue weighted by Crippen LogP contribution is 2.43. The van der Waals surface area contributed by atoms with Crippen molar-refractivity contribution in [1.29, 1.82) is 0 Å². The summed E-state index contributed by atoms with van der Waals surface area (Å²) >= 11 is 0. The Hall–Kier alpha value is -4.14. The summed E-state index contributed by atoms with van der Waals surface area (Å²) in [5, 5.41) is 3.68. The monoisotopic (exact) mass is 521 g/mol. The third-order valence-corrected chi connectivity index (χ3v) is 7.70. The summed E-state index contributed by atoms with van der Waals surface area (Å²) in [4.78, 5) is 24.5. The van der Waals surface area contributed by atoms with Gasteiger partial charge in [0.25, 0.3) is 0 Å². The number of para-hydroxylation sites is 1. The fourth-order valence-corrected chi connectivity index (χ4v) is 5.73. The van der Waals surface area contributed by atoms with Gasteiger partial charge in [-0.1, -0.05) is 18.2 Å². The number of H-pyrrole nitrogens is 1. The molecule has 198 valence electrons. The number of morpholine rings is 1. The Labute approximate surface area is 227 Å². The summed E-state index contributed by atoms with van der Waals surface area (Å²) in [7, 11) is 0. The average Bonchev–Trinajstić information content (AvgIpc) is 2.95. The Morgan fingerprint density at radius 3 is 2.74 bits per heavy atom. The molecule has 7 rings (SSSR count). The summed E-state index contributed by atoms with van der Waals surface area (Å²) in [5.74, 6) is 1.67. The SMILES string of the molecule is O=c1cc(N2CCOCC2)cc(-c2cccc3c2Oc2ccc(NC4CN(Cc5cccnc5)C4)cc2C3)[nH]1. The Bertz CT molecular complexity index is 1540. The predicted molar refractivity (Wildman–Crippen MR) is 152 cm³/mol. The fraction of sp³-hybridized carbons (Fsp3) is 0.290. The van der Waals surface area contributed by atoms with E-state index in [2.05, 4.69) is 55.4 Å². The van der Waals surface area contributed by atoms with Gasteiger partial charge >= 0.3 is 0 Å². The normalized spacial score (nSPS) is 17.1. The molecule has 2 aromatic heterocycles. The second-order valence-electron chi connectivity index (χ2n) is 10.5. The molecule has 0 amide bonds. The highest BCUT2D eigenvalue weighted by atomic mass is 16.5. The van der Waals surface area contributed by atoms with Gasteiger partial charge in [-0.05, 0) is 47.5 Å². The number of benzene rings is 2. The molecule has 2 saturated heterocycles. The lowest BCUT2D eigenvalue weighted by Gasteiger charge is -2.40. The molecule has 8 nitrogen and oxygen atoms in total. The summed E-state index contributed by atoms with van der Waals surface area (Å²) in [5.41, 5.74) is 7.10. The summed E-state index contributed by atoms with van der Waals surface area (Å²) in [6, 6.07) is 20.8. The van der Waals surface area contributed by atoms with E-state index in [0.29, 0.717) is 19.3 Å². The van der Waals surface area contributed by atoms with Crippen LogP contribution in [0.4, 0.5) is 11.4 Å². The van der Waals surface area contributed by atoms with Gasteiger partial charge in [-0.2, -0.15) is 0 Å². The molecular formula is C31H31N5O3. The molecular weight excluding hydrogens is 490 g/mol. The first-order valence-corrected chi connectivity index (χ1v) is 13.6. The minimum Gasteiger partial charge on any atom is -0.456 e. The smallest absolute Gasteiger partial charge is 0.250 e. The summed E-state index contributed by atoms with van der Waals surface area (Å²) < 4.78 is 12.0. The zero-order valence-electron chi connectivity index (χ0n) is 21.7. The van der Waals surface area contributed by atoms with E-state index in [1.54, 1.807) is 6.07 Å². The number of likely N-dealkylation sites (tertiary alicyclic amines) is 1. The fourth-order valence-electron chi connectivity index (χ4n) is 5.73. The van der Waals surface area contributed by atoms with Gasteiger partial charge in [-0.15, -0.1) is 0 Å². The van der Waals surface area contributed by atoms with Crippen LogP contribution in [-0.2, 0) is 17.7 Å². The third-order valence-electron chi connectivity index (χ3n) is 7.70. The highest BCUT2D eigenvalue weighted by molar-refractivity contribution is 5.74. The molecule has 0 radical (unpaired) electrons. The van der Waals surface area contributed by atoms with E-state index in [0.717, 1.165) is 84.4 Å². The van der Waals surface area contributed by atoms with Crippen LogP contribution in [-0.4, -0.2) is 60.3 Å². The first kappa shape index (κ1) is 23.9. The number of hydrogen-bond donors (Lipinski definition) is 2. The Morgan fingerprint density at radius 2 is 1.90 bits per heavy atom. The Morgan fingerprint density at radius 1 is 1.00 bits per heavy atom. The lowest BCUT2D eigenvalue weighted by Crippen LogP contribution is -2.54. The standard InChI is InChI=1S/C31H31N5O3/c37-30-16-26(36-9-11-38-12-10-36)15-28(34-30)27-5-1-4-22-13-23-14-24(6-7-29(23)39-31(22)27)33-25-19-35(20-25)18-21-3-2-8-32-17-21/h1-8,14-17,25,33H,9-13,18-20H2,(H,34,37). The zero-order valence-corrected chi connectivity index (χ0v) is 21.7. The van der Waals surface area contributed by atoms with Gasteiger partial charge in [0.15, 0.2) is 0 Å². The molecule has 0 aliphatic carbocycles. The van der Waals surface area contributed by atoms with E-state index in [4.69, 9.17) is 9.47 Å². The van der Waals surface area contributed by atoms with Crippen LogP contribution in [0.5, 0.6) is 11.5 Å². The average molecular weight is 522 g/mol. The van der Waals surface area contributed by atoms with Crippen molar-refractivity contribution >= 4 is 11.4 Å². The molecule has 2 N–H and O–H groups in total. The lowest BCUT2D eigenvalue weighted by atomic mass is 9.96. The summed E-state index contributed by atoms with van der Waals surface area (Å²) in [6.07, 6.45) is 4.53. The maximum absolute atomic E-state index is 12.6. The van der Waals surface area contributed by atoms with Gasteiger partial charge in [0.1, 0.15) is 11.5 Å². The van der Waals surface area contributed by atoms with E-state index in [-0.39, 0.29) is 5.56 Å². The van der Waals surface area contributed by atoms with E-state index in [1.165, 1.54) is 5.56 Å². The van der Waals surface area contributed by atoms with Crippen LogP contribution in [0.25, 0.3) is 11.3 Å². The Balaban J connectivity index is 1.07. The van der Waals surface area contributed by atoms with Gasteiger partial charge in [0.05, 0.1) is 24.9 Å². The van der Waals surface area contributed by atoms with Gasteiger partial charge in [0, 0.05) is 80.1 Å². The molecule has 4 aromatic rings. The van der Waals surface area contributed by atoms with Crippen LogP contribution in [0.1, 0.15) is 16.7 Å². The molecule has 2 fully saturated rings. The van der Waals surface area contributed by atoms with Crippen molar-refractivity contribution in [2.45, 2.75) is 19.0 Å². The van der Waals surface area contributed by atoms with Crippen LogP contribution < -0.4 is 20.5 Å². The van der Waals surface area contributed by atoms with E-state index in [9.17, 15) is 4.79 Å². The van der Waals surface area contributed by atoms with Crippen LogP contribution >= 0.6 is 0 Å². The van der Waals surface area contributed by atoms with Crippen LogP contribution in [0.3, 0.4) is 0 Å². The van der Waals surface area contributed by atoms with E-state index < -0.39 is 0 Å². The number of aromatic amines is 1. The maximum Gasteiger partial charge on any atom is 0.250 e. The number of aromatic nitrogens is 2. The van der Waals surface area contributed by atoms with Gasteiger partial charge < -0.3 is 24.7 Å². The van der Waals surface area contributed by atoms with Crippen molar-refractivity contribution in [3.63, 3.8) is 0 Å². The van der Waals surface area contributed by atoms with E-state index in [1.807, 2.05) is 36.7 Å². The first-order valence-electron chi connectivity index (χ1n) is 13.6. The second-order valence-corrected chi connectivity index (χ2v) is 10.5. The number of ether oxygens (including phenoxy) is 2. The van der Waals surface area contributed by atoms with Gasteiger partial charge in [-0.3, -0.25) is 14.7 Å². The lowest BCUT2D eigenvalue weighted by molar-refractivity contribution is 0.122. The van der Waals surface area contributed by atoms with E-state index >= 15 is 0 Å². The molecule has 0 unspecified atom stereocenters. The largest absolute Gasteiger partial charge is 0.456 e. The second kappa shape index (κ2) is 10.2. The maximum atomic E-state index is 12.6. The molecule has 0 saturated carbocycles. The Kier molecular flexibility index (Phi) is 6.26. The predicted octanol–water partition coefficient (Wildman–Crippen LogP) is 4.27. The minimum atomic E-state index is -0.117. The van der Waals surface area contributed by atoms with Crippen molar-refractivity contribution in [2.75, 3.05) is 49.6 Å². The van der Waals surface area contributed by atoms with Crippen molar-refractivity contribution in [3.05, 3.63) is 100 Å². The third kappa shape index (κ3) is 5.01.